The molecule has 0 aliphatic carbocycles. The third-order valence-corrected chi connectivity index (χ3v) is 8.35. The van der Waals surface area contributed by atoms with Crippen molar-refractivity contribution in [2.45, 2.75) is 56.4 Å². The number of ether oxygens (including phenoxy) is 2. The lowest BCUT2D eigenvalue weighted by Crippen LogP contribution is -2.39. The summed E-state index contributed by atoms with van der Waals surface area (Å²) in [4.78, 5) is 26.1. The van der Waals surface area contributed by atoms with Crippen LogP contribution < -0.4 is 4.74 Å². The topological polar surface area (TPSA) is 107 Å². The summed E-state index contributed by atoms with van der Waals surface area (Å²) in [5.41, 5.74) is -1.30. The monoisotopic (exact) mass is 676 g/mol. The average molecular weight is 677 g/mol. The molecular formula is C29H27Cl2F5N4O5. The first-order valence-electron chi connectivity index (χ1n) is 14.0. The van der Waals surface area contributed by atoms with E-state index in [-0.39, 0.29) is 65.4 Å². The number of rotatable bonds is 8. The smallest absolute Gasteiger partial charge is 0.416 e. The van der Waals surface area contributed by atoms with Crippen LogP contribution in [0.1, 0.15) is 73.2 Å². The van der Waals surface area contributed by atoms with Gasteiger partial charge in [-0.05, 0) is 61.5 Å². The number of likely N-dealkylation sites (tertiary alicyclic amines) is 1. The van der Waals surface area contributed by atoms with Crippen molar-refractivity contribution in [3.05, 3.63) is 69.8 Å². The molecule has 3 heterocycles. The van der Waals surface area contributed by atoms with Crippen LogP contribution in [0.3, 0.4) is 0 Å². The number of aromatic nitrogens is 3. The Morgan fingerprint density at radius 1 is 1.07 bits per heavy atom. The molecule has 0 spiro atoms. The number of benzene rings is 2. The molecule has 0 radical (unpaired) electrons. The lowest BCUT2D eigenvalue weighted by molar-refractivity contribution is -0.139. The Kier molecular flexibility index (Phi) is 9.30. The summed E-state index contributed by atoms with van der Waals surface area (Å²) in [7, 11) is 0. The Balaban J connectivity index is 1.63. The number of carboxylic acids is 1. The van der Waals surface area contributed by atoms with Gasteiger partial charge in [-0.15, -0.1) is 10.2 Å². The Morgan fingerprint density at radius 3 is 2.40 bits per heavy atom. The first-order valence-corrected chi connectivity index (χ1v) is 14.7. The molecule has 2 aromatic carbocycles. The van der Waals surface area contributed by atoms with Crippen LogP contribution in [0.5, 0.6) is 5.75 Å². The number of fused-ring (bicyclic) bond motifs is 3. The van der Waals surface area contributed by atoms with E-state index < -0.39 is 53.5 Å². The van der Waals surface area contributed by atoms with E-state index in [2.05, 4.69) is 10.2 Å². The predicted molar refractivity (Wildman–Crippen MR) is 151 cm³/mol. The van der Waals surface area contributed by atoms with Gasteiger partial charge in [-0.3, -0.25) is 14.2 Å². The number of halogens is 7. The summed E-state index contributed by atoms with van der Waals surface area (Å²) in [5.74, 6) is -2.66. The lowest BCUT2D eigenvalue weighted by Gasteiger charge is -2.32. The molecule has 1 saturated heterocycles. The third kappa shape index (κ3) is 6.87. The van der Waals surface area contributed by atoms with Crippen LogP contribution in [-0.4, -0.2) is 56.3 Å². The minimum atomic E-state index is -4.81. The van der Waals surface area contributed by atoms with E-state index in [1.807, 2.05) is 0 Å². The van der Waals surface area contributed by atoms with Crippen LogP contribution in [0, 0.1) is 5.92 Å². The average Bonchev–Trinajstić information content (AvgIpc) is 3.37. The maximum atomic E-state index is 14.7. The molecule has 3 aromatic rings. The lowest BCUT2D eigenvalue weighted by atomic mass is 9.93. The van der Waals surface area contributed by atoms with Crippen LogP contribution in [0.15, 0.2) is 36.4 Å². The van der Waals surface area contributed by atoms with Crippen LogP contribution in [-0.2, 0) is 25.9 Å². The van der Waals surface area contributed by atoms with E-state index in [0.717, 1.165) is 22.8 Å². The minimum absolute atomic E-state index is 0.0128. The fourth-order valence-electron chi connectivity index (χ4n) is 5.67. The number of piperidine rings is 1. The fraction of sp³-hybridized carbons (Fsp3) is 0.448. The third-order valence-electron chi connectivity index (χ3n) is 7.77. The summed E-state index contributed by atoms with van der Waals surface area (Å²) in [6, 6.07) is 7.07. The molecule has 1 fully saturated rings. The number of hydrogen-bond donors (Lipinski definition) is 1. The Labute approximate surface area is 263 Å². The van der Waals surface area contributed by atoms with E-state index in [1.54, 1.807) is 19.1 Å². The second-order valence-electron chi connectivity index (χ2n) is 10.7. The van der Waals surface area contributed by atoms with Crippen molar-refractivity contribution in [1.29, 1.82) is 0 Å². The van der Waals surface area contributed by atoms with Crippen molar-refractivity contribution in [2.24, 2.45) is 5.92 Å². The van der Waals surface area contributed by atoms with Crippen LogP contribution in [0.4, 0.5) is 22.0 Å². The number of aliphatic carboxylic acids is 1. The molecule has 0 bridgehead atoms. The molecule has 2 atom stereocenters. The number of nitrogens with zero attached hydrogens (tertiary/aromatic N) is 4. The van der Waals surface area contributed by atoms with Gasteiger partial charge in [0.15, 0.2) is 5.82 Å². The summed E-state index contributed by atoms with van der Waals surface area (Å²) in [5, 5.41) is 12.4. The number of hydrogen-bond acceptors (Lipinski definition) is 6. The molecule has 45 heavy (non-hydrogen) atoms. The molecule has 5 rings (SSSR count). The summed E-state index contributed by atoms with van der Waals surface area (Å²) < 4.78 is 83.9. The van der Waals surface area contributed by atoms with Gasteiger partial charge in [0.2, 0.25) is 11.7 Å². The molecule has 242 valence electrons. The van der Waals surface area contributed by atoms with Gasteiger partial charge in [-0.25, -0.2) is 0 Å². The van der Waals surface area contributed by atoms with Gasteiger partial charge in [0.05, 0.1) is 29.3 Å². The summed E-state index contributed by atoms with van der Waals surface area (Å²) >= 11 is 12.1. The highest BCUT2D eigenvalue weighted by molar-refractivity contribution is 6.33. The highest BCUT2D eigenvalue weighted by Crippen LogP contribution is 2.47. The van der Waals surface area contributed by atoms with Crippen LogP contribution >= 0.6 is 23.2 Å². The zero-order valence-electron chi connectivity index (χ0n) is 23.7. The Bertz CT molecular complexity index is 1590. The highest BCUT2D eigenvalue weighted by atomic mass is 35.5. The molecule has 1 amide bonds. The predicted octanol–water partition coefficient (Wildman–Crippen LogP) is 6.89. The first-order chi connectivity index (χ1) is 21.2. The molecular weight excluding hydrogens is 650 g/mol. The van der Waals surface area contributed by atoms with Gasteiger partial charge in [-0.2, -0.15) is 22.0 Å². The molecule has 2 aliphatic rings. The van der Waals surface area contributed by atoms with Crippen molar-refractivity contribution < 1.29 is 46.1 Å². The summed E-state index contributed by atoms with van der Waals surface area (Å²) in [6.07, 6.45) is -7.21. The quantitative estimate of drug-likeness (QED) is 0.205. The maximum Gasteiger partial charge on any atom is 0.416 e. The van der Waals surface area contributed by atoms with Gasteiger partial charge >= 0.3 is 17.5 Å². The largest absolute Gasteiger partial charge is 0.492 e. The Morgan fingerprint density at radius 2 is 1.78 bits per heavy atom. The van der Waals surface area contributed by atoms with Gasteiger partial charge < -0.3 is 19.5 Å². The van der Waals surface area contributed by atoms with Crippen LogP contribution in [0.2, 0.25) is 5.02 Å². The van der Waals surface area contributed by atoms with Gasteiger partial charge in [0.1, 0.15) is 18.0 Å². The molecule has 9 nitrogen and oxygen atoms in total. The first kappa shape index (κ1) is 32.9. The van der Waals surface area contributed by atoms with Crippen molar-refractivity contribution >= 4 is 35.1 Å². The number of alkyl halides is 6. The fourth-order valence-corrected chi connectivity index (χ4v) is 6.07. The van der Waals surface area contributed by atoms with Gasteiger partial charge in [-0.1, -0.05) is 23.7 Å². The second-order valence-corrected chi connectivity index (χ2v) is 11.6. The SMILES string of the molecule is CCOc1cccc([C@H]2O[C@H](CC(=O)N3CCC(CC(=O)O)CC3)c3nnc(C(F)(F)Cl)n3-c3ccc(C(F)(F)F)cc32)c1Cl. The summed E-state index contributed by atoms with van der Waals surface area (Å²) in [6.45, 7) is 2.44. The number of carbonyl (C=O) groups is 2. The van der Waals surface area contributed by atoms with Crippen LogP contribution in [0.25, 0.3) is 5.69 Å². The second kappa shape index (κ2) is 12.7. The zero-order chi connectivity index (χ0) is 32.7. The van der Waals surface area contributed by atoms with E-state index in [0.29, 0.717) is 12.8 Å². The van der Waals surface area contributed by atoms with Gasteiger partial charge in [0.25, 0.3) is 0 Å². The molecule has 0 unspecified atom stereocenters. The van der Waals surface area contributed by atoms with Gasteiger partial charge in [0, 0.05) is 30.6 Å². The Hall–Kier alpha value is -3.49. The molecule has 2 aliphatic heterocycles. The van der Waals surface area contributed by atoms with Crippen molar-refractivity contribution in [3.8, 4) is 11.4 Å². The molecule has 1 N–H and O–H groups in total. The number of carbonyl (C=O) groups excluding carboxylic acids is 1. The van der Waals surface area contributed by atoms with Crippen molar-refractivity contribution in [1.82, 2.24) is 19.7 Å². The molecule has 0 saturated carbocycles. The normalized spacial score (nSPS) is 19.1. The standard InChI is InChI=1S/C29H27Cl2F5N4O5/c1-2-44-20-5-3-4-17(24(20)30)25-18-13-16(29(34,35)36)6-7-19(18)40-26(37-38-27(40)28(31,32)33)21(45-25)14-22(41)39-10-8-15(9-11-39)12-23(42)43/h3-7,13,15,21,25H,2,8-12,14H2,1H3,(H,42,43)/t21-,25-/m1/s1. The van der Waals surface area contributed by atoms with Crippen molar-refractivity contribution in [3.63, 3.8) is 0 Å². The highest BCUT2D eigenvalue weighted by Gasteiger charge is 2.44. The zero-order valence-corrected chi connectivity index (χ0v) is 25.2. The van der Waals surface area contributed by atoms with E-state index in [9.17, 15) is 31.5 Å². The molecule has 1 aromatic heterocycles. The van der Waals surface area contributed by atoms with Crippen molar-refractivity contribution in [2.75, 3.05) is 19.7 Å². The number of carboxylic acid groups (broad SMARTS) is 1. The van der Waals surface area contributed by atoms with E-state index in [4.69, 9.17) is 37.8 Å². The maximum absolute atomic E-state index is 14.7. The molecule has 16 heteroatoms. The number of amides is 1. The van der Waals surface area contributed by atoms with E-state index >= 15 is 0 Å². The minimum Gasteiger partial charge on any atom is -0.492 e. The van der Waals surface area contributed by atoms with E-state index in [1.165, 1.54) is 11.0 Å².